The minimum atomic E-state index is 0.937. The highest BCUT2D eigenvalue weighted by Gasteiger charge is 2.02. The smallest absolute Gasteiger partial charge is 0.167 e. The molecule has 0 atom stereocenters. The number of halogens is 1. The second-order valence-corrected chi connectivity index (χ2v) is 5.00. The number of aryl methyl sites for hydroxylation is 1. The van der Waals surface area contributed by atoms with Crippen LogP contribution in [-0.2, 0) is 12.8 Å². The number of nitrogens with zero attached hydrogens (tertiary/aromatic N) is 2. The summed E-state index contributed by atoms with van der Waals surface area (Å²) >= 11 is 5.28. The molecular formula is C11H11BrN2S. The number of rotatable bonds is 3. The number of aromatic nitrogens is 2. The summed E-state index contributed by atoms with van der Waals surface area (Å²) in [6, 6.07) is 8.27. The average Bonchev–Trinajstić information content (AvgIpc) is 2.63. The molecule has 2 rings (SSSR count). The zero-order valence-electron chi connectivity index (χ0n) is 8.35. The number of hydrogen-bond acceptors (Lipinski definition) is 2. The van der Waals surface area contributed by atoms with Crippen LogP contribution >= 0.6 is 27.7 Å². The Morgan fingerprint density at radius 3 is 2.87 bits per heavy atom. The van der Waals surface area contributed by atoms with E-state index in [-0.39, 0.29) is 0 Å². The van der Waals surface area contributed by atoms with E-state index in [2.05, 4.69) is 39.1 Å². The molecule has 0 aliphatic rings. The van der Waals surface area contributed by atoms with Crippen LogP contribution in [0.3, 0.4) is 0 Å². The van der Waals surface area contributed by atoms with Gasteiger partial charge < -0.3 is 4.57 Å². The maximum Gasteiger partial charge on any atom is 0.167 e. The Balaban J connectivity index is 2.06. The van der Waals surface area contributed by atoms with Crippen LogP contribution in [0.1, 0.15) is 5.56 Å². The van der Waals surface area contributed by atoms with Crippen LogP contribution in [0.5, 0.6) is 0 Å². The van der Waals surface area contributed by atoms with Gasteiger partial charge in [0.2, 0.25) is 0 Å². The summed E-state index contributed by atoms with van der Waals surface area (Å²) in [5.41, 5.74) is 1.30. The number of imidazole rings is 1. The van der Waals surface area contributed by atoms with Crippen molar-refractivity contribution in [1.29, 1.82) is 0 Å². The van der Waals surface area contributed by atoms with Gasteiger partial charge in [0, 0.05) is 29.7 Å². The quantitative estimate of drug-likeness (QED) is 0.803. The van der Waals surface area contributed by atoms with Crippen molar-refractivity contribution in [3.8, 4) is 0 Å². The highest BCUT2D eigenvalue weighted by atomic mass is 79.9. The fourth-order valence-corrected chi connectivity index (χ4v) is 2.80. The van der Waals surface area contributed by atoms with Crippen LogP contribution in [0, 0.1) is 0 Å². The van der Waals surface area contributed by atoms with Crippen LogP contribution in [0.25, 0.3) is 0 Å². The van der Waals surface area contributed by atoms with Gasteiger partial charge in [-0.25, -0.2) is 4.98 Å². The molecule has 0 aliphatic heterocycles. The fourth-order valence-electron chi connectivity index (χ4n) is 1.25. The van der Waals surface area contributed by atoms with Crippen molar-refractivity contribution >= 4 is 27.7 Å². The molecule has 0 N–H and O–H groups in total. The SMILES string of the molecule is Cn1ccnc1SCc1ccccc1Br. The van der Waals surface area contributed by atoms with Gasteiger partial charge in [0.25, 0.3) is 0 Å². The van der Waals surface area contributed by atoms with Crippen LogP contribution < -0.4 is 0 Å². The minimum absolute atomic E-state index is 0.937. The molecule has 0 amide bonds. The third kappa shape index (κ3) is 2.63. The Morgan fingerprint density at radius 2 is 2.20 bits per heavy atom. The molecule has 0 bridgehead atoms. The maximum absolute atomic E-state index is 4.27. The Bertz CT molecular complexity index is 453. The van der Waals surface area contributed by atoms with Gasteiger partial charge in [-0.15, -0.1) is 0 Å². The molecule has 1 aromatic heterocycles. The summed E-state index contributed by atoms with van der Waals surface area (Å²) in [5, 5.41) is 1.05. The monoisotopic (exact) mass is 282 g/mol. The van der Waals surface area contributed by atoms with E-state index in [1.807, 2.05) is 30.1 Å². The minimum Gasteiger partial charge on any atom is -0.329 e. The zero-order chi connectivity index (χ0) is 10.7. The van der Waals surface area contributed by atoms with Gasteiger partial charge in [0.1, 0.15) is 0 Å². The Hall–Kier alpha value is -0.740. The summed E-state index contributed by atoms with van der Waals surface area (Å²) in [5.74, 6) is 0.937. The van der Waals surface area contributed by atoms with Crippen LogP contribution in [0.4, 0.5) is 0 Å². The second-order valence-electron chi connectivity index (χ2n) is 3.20. The van der Waals surface area contributed by atoms with E-state index >= 15 is 0 Å². The fraction of sp³-hybridized carbons (Fsp3) is 0.182. The van der Waals surface area contributed by atoms with E-state index in [1.54, 1.807) is 11.8 Å². The maximum atomic E-state index is 4.27. The summed E-state index contributed by atoms with van der Waals surface area (Å²) in [6.07, 6.45) is 3.78. The number of thioether (sulfide) groups is 1. The van der Waals surface area contributed by atoms with E-state index < -0.39 is 0 Å². The van der Waals surface area contributed by atoms with E-state index in [0.29, 0.717) is 0 Å². The Labute approximate surface area is 102 Å². The lowest BCUT2D eigenvalue weighted by Gasteiger charge is -2.03. The van der Waals surface area contributed by atoms with Gasteiger partial charge in [-0.2, -0.15) is 0 Å². The Morgan fingerprint density at radius 1 is 1.40 bits per heavy atom. The predicted octanol–water partition coefficient (Wildman–Crippen LogP) is 3.47. The van der Waals surface area contributed by atoms with Crippen molar-refractivity contribution in [3.63, 3.8) is 0 Å². The third-order valence-corrected chi connectivity index (χ3v) is 3.97. The Kier molecular flexibility index (Phi) is 3.49. The summed E-state index contributed by atoms with van der Waals surface area (Å²) in [7, 11) is 2.01. The van der Waals surface area contributed by atoms with Crippen molar-refractivity contribution in [3.05, 3.63) is 46.7 Å². The van der Waals surface area contributed by atoms with Gasteiger partial charge >= 0.3 is 0 Å². The zero-order valence-corrected chi connectivity index (χ0v) is 10.8. The van der Waals surface area contributed by atoms with E-state index in [0.717, 1.165) is 15.4 Å². The molecule has 78 valence electrons. The summed E-state index contributed by atoms with van der Waals surface area (Å²) in [6.45, 7) is 0. The number of benzene rings is 1. The lowest BCUT2D eigenvalue weighted by molar-refractivity contribution is 0.790. The third-order valence-electron chi connectivity index (χ3n) is 2.09. The topological polar surface area (TPSA) is 17.8 Å². The molecule has 0 saturated carbocycles. The predicted molar refractivity (Wildman–Crippen MR) is 66.9 cm³/mol. The molecule has 15 heavy (non-hydrogen) atoms. The molecule has 2 aromatic rings. The normalized spacial score (nSPS) is 10.5. The van der Waals surface area contributed by atoms with Crippen molar-refractivity contribution in [2.75, 3.05) is 0 Å². The second kappa shape index (κ2) is 4.86. The molecule has 0 saturated heterocycles. The summed E-state index contributed by atoms with van der Waals surface area (Å²) in [4.78, 5) is 4.27. The van der Waals surface area contributed by atoms with Crippen molar-refractivity contribution in [2.24, 2.45) is 7.05 Å². The van der Waals surface area contributed by atoms with Gasteiger partial charge in [-0.1, -0.05) is 45.9 Å². The molecule has 4 heteroatoms. The molecule has 0 spiro atoms. The molecule has 0 unspecified atom stereocenters. The molecule has 2 nitrogen and oxygen atoms in total. The molecule has 0 fully saturated rings. The highest BCUT2D eigenvalue weighted by molar-refractivity contribution is 9.10. The first-order chi connectivity index (χ1) is 7.27. The number of hydrogen-bond donors (Lipinski definition) is 0. The van der Waals surface area contributed by atoms with Crippen LogP contribution in [0.2, 0.25) is 0 Å². The molecule has 0 aliphatic carbocycles. The van der Waals surface area contributed by atoms with Crippen molar-refractivity contribution in [2.45, 2.75) is 10.9 Å². The first kappa shape index (κ1) is 10.8. The average molecular weight is 283 g/mol. The lowest BCUT2D eigenvalue weighted by Crippen LogP contribution is -1.90. The highest BCUT2D eigenvalue weighted by Crippen LogP contribution is 2.25. The summed E-state index contributed by atoms with van der Waals surface area (Å²) < 4.78 is 3.19. The van der Waals surface area contributed by atoms with Gasteiger partial charge in [-0.3, -0.25) is 0 Å². The van der Waals surface area contributed by atoms with E-state index in [9.17, 15) is 0 Å². The lowest BCUT2D eigenvalue weighted by atomic mass is 10.2. The first-order valence-electron chi connectivity index (χ1n) is 4.61. The van der Waals surface area contributed by atoms with Gasteiger partial charge in [0.05, 0.1) is 0 Å². The van der Waals surface area contributed by atoms with Gasteiger partial charge in [0.15, 0.2) is 5.16 Å². The largest absolute Gasteiger partial charge is 0.329 e. The molecular weight excluding hydrogens is 272 g/mol. The van der Waals surface area contributed by atoms with Gasteiger partial charge in [-0.05, 0) is 11.6 Å². The van der Waals surface area contributed by atoms with Crippen LogP contribution in [-0.4, -0.2) is 9.55 Å². The van der Waals surface area contributed by atoms with Crippen molar-refractivity contribution < 1.29 is 0 Å². The van der Waals surface area contributed by atoms with E-state index in [1.165, 1.54) is 5.56 Å². The van der Waals surface area contributed by atoms with E-state index in [4.69, 9.17) is 0 Å². The van der Waals surface area contributed by atoms with Crippen molar-refractivity contribution in [1.82, 2.24) is 9.55 Å². The standard InChI is InChI=1S/C11H11BrN2S/c1-14-7-6-13-11(14)15-8-9-4-2-3-5-10(9)12/h2-7H,8H2,1H3. The van der Waals surface area contributed by atoms with Crippen LogP contribution in [0.15, 0.2) is 46.3 Å². The molecule has 1 aromatic carbocycles. The molecule has 1 heterocycles. The molecule has 0 radical (unpaired) electrons. The first-order valence-corrected chi connectivity index (χ1v) is 6.39.